The van der Waals surface area contributed by atoms with E-state index in [-0.39, 0.29) is 0 Å². The van der Waals surface area contributed by atoms with E-state index in [1.807, 2.05) is 18.2 Å². The van der Waals surface area contributed by atoms with Crippen molar-refractivity contribution in [2.24, 2.45) is 0 Å². The maximum absolute atomic E-state index is 5.35. The van der Waals surface area contributed by atoms with Crippen molar-refractivity contribution in [3.63, 3.8) is 0 Å². The van der Waals surface area contributed by atoms with Crippen molar-refractivity contribution in [3.05, 3.63) is 35.9 Å². The van der Waals surface area contributed by atoms with E-state index in [4.69, 9.17) is 13.9 Å². The van der Waals surface area contributed by atoms with Gasteiger partial charge in [-0.3, -0.25) is 0 Å². The number of ether oxygens (including phenoxy) is 2. The van der Waals surface area contributed by atoms with E-state index in [1.165, 1.54) is 5.56 Å². The first kappa shape index (κ1) is 12.4. The van der Waals surface area contributed by atoms with Gasteiger partial charge in [0.2, 0.25) is 0 Å². The highest BCUT2D eigenvalue weighted by Crippen LogP contribution is 2.19. The monoisotopic (exact) mass is 226 g/mol. The van der Waals surface area contributed by atoms with Crippen LogP contribution < -0.4 is 0 Å². The fraction of sp³-hybridized carbons (Fsp3) is 0.455. The standard InChI is InChI=1S/C11H18O3Si/c1-12-11(13-2,14-15)9-8-10-6-4-3-5-7-10/h3-7H,8-9H2,1-2,15H3. The van der Waals surface area contributed by atoms with Crippen LogP contribution in [-0.4, -0.2) is 30.7 Å². The Labute approximate surface area is 93.9 Å². The summed E-state index contributed by atoms with van der Waals surface area (Å²) in [6.45, 7) is 0. The predicted octanol–water partition coefficient (Wildman–Crippen LogP) is 0.863. The Balaban J connectivity index is 2.54. The van der Waals surface area contributed by atoms with Crippen LogP contribution in [0.1, 0.15) is 12.0 Å². The molecule has 15 heavy (non-hydrogen) atoms. The van der Waals surface area contributed by atoms with E-state index in [0.29, 0.717) is 16.9 Å². The van der Waals surface area contributed by atoms with Crippen LogP contribution in [-0.2, 0) is 20.3 Å². The van der Waals surface area contributed by atoms with Crippen molar-refractivity contribution in [2.75, 3.05) is 14.2 Å². The van der Waals surface area contributed by atoms with Crippen LogP contribution in [0.25, 0.3) is 0 Å². The van der Waals surface area contributed by atoms with Crippen LogP contribution >= 0.6 is 0 Å². The van der Waals surface area contributed by atoms with Gasteiger partial charge in [-0.2, -0.15) is 0 Å². The molecule has 0 atom stereocenters. The zero-order valence-corrected chi connectivity index (χ0v) is 11.5. The lowest BCUT2D eigenvalue weighted by Gasteiger charge is -2.29. The molecule has 84 valence electrons. The van der Waals surface area contributed by atoms with Crippen molar-refractivity contribution in [3.8, 4) is 0 Å². The van der Waals surface area contributed by atoms with Crippen LogP contribution in [0.15, 0.2) is 30.3 Å². The molecule has 0 bridgehead atoms. The smallest absolute Gasteiger partial charge is 0.272 e. The first-order chi connectivity index (χ1) is 7.26. The van der Waals surface area contributed by atoms with Gasteiger partial charge in [0.1, 0.15) is 0 Å². The molecule has 0 spiro atoms. The second kappa shape index (κ2) is 6.02. The lowest BCUT2D eigenvalue weighted by atomic mass is 10.1. The van der Waals surface area contributed by atoms with Gasteiger partial charge in [-0.25, -0.2) is 0 Å². The predicted molar refractivity (Wildman–Crippen MR) is 62.5 cm³/mol. The van der Waals surface area contributed by atoms with Gasteiger partial charge >= 0.3 is 0 Å². The fourth-order valence-corrected chi connectivity index (χ4v) is 2.04. The SMILES string of the molecule is COC(CCc1ccccc1)(OC)O[SiH3]. The average Bonchev–Trinajstić information content (AvgIpc) is 2.33. The largest absolute Gasteiger partial charge is 0.380 e. The van der Waals surface area contributed by atoms with Crippen molar-refractivity contribution in [1.29, 1.82) is 0 Å². The molecule has 0 N–H and O–H groups in total. The quantitative estimate of drug-likeness (QED) is 0.532. The summed E-state index contributed by atoms with van der Waals surface area (Å²) in [7, 11) is 3.80. The zero-order valence-electron chi connectivity index (χ0n) is 9.53. The van der Waals surface area contributed by atoms with E-state index in [1.54, 1.807) is 14.2 Å². The van der Waals surface area contributed by atoms with Crippen molar-refractivity contribution >= 4 is 10.5 Å². The number of benzene rings is 1. The fourth-order valence-electron chi connectivity index (χ4n) is 1.50. The lowest BCUT2D eigenvalue weighted by Crippen LogP contribution is -2.36. The second-order valence-electron chi connectivity index (χ2n) is 3.28. The molecule has 3 nitrogen and oxygen atoms in total. The molecule has 0 fully saturated rings. The third-order valence-electron chi connectivity index (χ3n) is 2.50. The molecule has 1 rings (SSSR count). The Hall–Kier alpha value is -0.683. The minimum absolute atomic E-state index is 0.592. The molecule has 0 saturated heterocycles. The summed E-state index contributed by atoms with van der Waals surface area (Å²) in [5, 5.41) is 0. The van der Waals surface area contributed by atoms with E-state index in [0.717, 1.165) is 6.42 Å². The molecule has 0 aromatic heterocycles. The molecule has 0 aliphatic heterocycles. The van der Waals surface area contributed by atoms with Crippen LogP contribution in [0, 0.1) is 0 Å². The molecule has 0 unspecified atom stereocenters. The molecule has 0 radical (unpaired) electrons. The summed E-state index contributed by atoms with van der Waals surface area (Å²) in [5.41, 5.74) is 1.26. The Kier molecular flexibility index (Phi) is 4.97. The van der Waals surface area contributed by atoms with Gasteiger partial charge in [-0.15, -0.1) is 0 Å². The minimum atomic E-state index is -0.859. The molecular weight excluding hydrogens is 208 g/mol. The summed E-state index contributed by atoms with van der Waals surface area (Å²) in [6.07, 6.45) is 1.58. The van der Waals surface area contributed by atoms with E-state index >= 15 is 0 Å². The topological polar surface area (TPSA) is 27.7 Å². The Bertz CT molecular complexity index is 264. The zero-order chi connectivity index (χ0) is 11.1. The molecule has 1 aromatic rings. The van der Waals surface area contributed by atoms with Crippen LogP contribution in [0.5, 0.6) is 0 Å². The highest BCUT2D eigenvalue weighted by molar-refractivity contribution is 5.98. The second-order valence-corrected chi connectivity index (χ2v) is 3.69. The molecule has 0 amide bonds. The number of rotatable bonds is 6. The highest BCUT2D eigenvalue weighted by atomic mass is 28.2. The summed E-state index contributed by atoms with van der Waals surface area (Å²) >= 11 is 0. The van der Waals surface area contributed by atoms with Crippen molar-refractivity contribution < 1.29 is 13.9 Å². The molecule has 4 heteroatoms. The Morgan fingerprint density at radius 2 is 1.73 bits per heavy atom. The van der Waals surface area contributed by atoms with Gasteiger partial charge in [0.25, 0.3) is 5.97 Å². The lowest BCUT2D eigenvalue weighted by molar-refractivity contribution is -0.324. The summed E-state index contributed by atoms with van der Waals surface area (Å²) in [6, 6.07) is 10.2. The van der Waals surface area contributed by atoms with Crippen LogP contribution in [0.2, 0.25) is 0 Å². The third kappa shape index (κ3) is 3.42. The van der Waals surface area contributed by atoms with Crippen molar-refractivity contribution in [1.82, 2.24) is 0 Å². The summed E-state index contributed by atoms with van der Waals surface area (Å²) in [5.74, 6) is -0.859. The highest BCUT2D eigenvalue weighted by Gasteiger charge is 2.28. The van der Waals surface area contributed by atoms with Gasteiger partial charge in [0.05, 0.1) is 0 Å². The molecule has 0 saturated carbocycles. The number of aryl methyl sites for hydroxylation is 1. The molecule has 0 aliphatic rings. The van der Waals surface area contributed by atoms with Gasteiger partial charge in [0, 0.05) is 20.6 Å². The molecular formula is C11H18O3Si. The normalized spacial score (nSPS) is 11.9. The van der Waals surface area contributed by atoms with Gasteiger partial charge < -0.3 is 13.9 Å². The molecule has 0 aliphatic carbocycles. The van der Waals surface area contributed by atoms with Crippen molar-refractivity contribution in [2.45, 2.75) is 18.8 Å². The van der Waals surface area contributed by atoms with Gasteiger partial charge in [-0.1, -0.05) is 30.3 Å². The Morgan fingerprint density at radius 3 is 2.20 bits per heavy atom. The van der Waals surface area contributed by atoms with E-state index in [2.05, 4.69) is 12.1 Å². The van der Waals surface area contributed by atoms with Gasteiger partial charge in [-0.05, 0) is 12.0 Å². The minimum Gasteiger partial charge on any atom is -0.380 e. The maximum Gasteiger partial charge on any atom is 0.272 e. The van der Waals surface area contributed by atoms with Gasteiger partial charge in [0.15, 0.2) is 10.5 Å². The van der Waals surface area contributed by atoms with E-state index < -0.39 is 5.97 Å². The number of hydrogen-bond donors (Lipinski definition) is 0. The number of hydrogen-bond acceptors (Lipinski definition) is 3. The molecule has 0 heterocycles. The average molecular weight is 226 g/mol. The Morgan fingerprint density at radius 1 is 1.13 bits per heavy atom. The summed E-state index contributed by atoms with van der Waals surface area (Å²) < 4.78 is 15.8. The van der Waals surface area contributed by atoms with Crippen LogP contribution in [0.4, 0.5) is 0 Å². The first-order valence-electron chi connectivity index (χ1n) is 4.95. The number of methoxy groups -OCH3 is 2. The first-order valence-corrected chi connectivity index (χ1v) is 5.77. The van der Waals surface area contributed by atoms with E-state index in [9.17, 15) is 0 Å². The third-order valence-corrected chi connectivity index (χ3v) is 3.12. The maximum atomic E-state index is 5.35. The summed E-state index contributed by atoms with van der Waals surface area (Å²) in [4.78, 5) is 0. The van der Waals surface area contributed by atoms with Crippen LogP contribution in [0.3, 0.4) is 0 Å². The molecule has 1 aromatic carbocycles.